The third-order valence-electron chi connectivity index (χ3n) is 4.46. The maximum absolute atomic E-state index is 12.3. The van der Waals surface area contributed by atoms with Crippen LogP contribution in [0.2, 0.25) is 0 Å². The fourth-order valence-electron chi connectivity index (χ4n) is 3.18. The van der Waals surface area contributed by atoms with Crippen LogP contribution in [-0.4, -0.2) is 12.6 Å². The molecule has 0 aromatic carbocycles. The lowest BCUT2D eigenvalue weighted by Crippen LogP contribution is -2.33. The van der Waals surface area contributed by atoms with E-state index in [1.165, 1.54) is 25.7 Å². The number of carbonyl (C=O) groups excluding carboxylic acids is 1. The van der Waals surface area contributed by atoms with Crippen molar-refractivity contribution in [3.8, 4) is 0 Å². The fourth-order valence-corrected chi connectivity index (χ4v) is 3.18. The number of unbranched alkanes of at least 4 members (excludes halogenated alkanes) is 3. The first-order valence-corrected chi connectivity index (χ1v) is 7.88. The van der Waals surface area contributed by atoms with Gasteiger partial charge in [0.2, 0.25) is 0 Å². The van der Waals surface area contributed by atoms with Crippen LogP contribution in [0, 0.1) is 11.3 Å². The largest absolute Gasteiger partial charge is 0.465 e. The Kier molecular flexibility index (Phi) is 6.73. The lowest BCUT2D eigenvalue weighted by Gasteiger charge is -2.31. The molecule has 18 heavy (non-hydrogen) atoms. The Morgan fingerprint density at radius 1 is 1.06 bits per heavy atom. The standard InChI is InChI=1S/C16H30O2/c1-4-7-10-14-13-18-15(17)16(14,11-8-5-2)12-9-6-3/h14H,4-13H2,1-3H3. The van der Waals surface area contributed by atoms with Gasteiger partial charge < -0.3 is 4.74 Å². The molecule has 1 aliphatic rings. The SMILES string of the molecule is CCCCC1COC(=O)C1(CCCC)CCCC. The van der Waals surface area contributed by atoms with Crippen LogP contribution in [0.5, 0.6) is 0 Å². The van der Waals surface area contributed by atoms with Gasteiger partial charge in [0.25, 0.3) is 0 Å². The van der Waals surface area contributed by atoms with E-state index in [9.17, 15) is 4.79 Å². The van der Waals surface area contributed by atoms with Gasteiger partial charge in [-0.05, 0) is 19.3 Å². The maximum Gasteiger partial charge on any atom is 0.312 e. The molecule has 1 saturated heterocycles. The highest BCUT2D eigenvalue weighted by atomic mass is 16.5. The van der Waals surface area contributed by atoms with Crippen molar-refractivity contribution in [3.63, 3.8) is 0 Å². The molecule has 0 aromatic heterocycles. The summed E-state index contributed by atoms with van der Waals surface area (Å²) < 4.78 is 5.43. The Balaban J connectivity index is 2.75. The minimum absolute atomic E-state index is 0.102. The molecule has 1 fully saturated rings. The molecule has 1 heterocycles. The van der Waals surface area contributed by atoms with Gasteiger partial charge in [-0.3, -0.25) is 4.79 Å². The average Bonchev–Trinajstić information content (AvgIpc) is 2.69. The second kappa shape index (κ2) is 7.81. The zero-order valence-electron chi connectivity index (χ0n) is 12.5. The highest BCUT2D eigenvalue weighted by Crippen LogP contribution is 2.46. The summed E-state index contributed by atoms with van der Waals surface area (Å²) in [6.45, 7) is 7.30. The quantitative estimate of drug-likeness (QED) is 0.557. The number of ether oxygens (including phenoxy) is 1. The zero-order chi connectivity index (χ0) is 13.4. The predicted octanol–water partition coefficient (Wildman–Crippen LogP) is 4.72. The van der Waals surface area contributed by atoms with Crippen LogP contribution in [0.1, 0.15) is 78.6 Å². The zero-order valence-corrected chi connectivity index (χ0v) is 12.5. The Morgan fingerprint density at radius 2 is 1.61 bits per heavy atom. The molecule has 0 radical (unpaired) electrons. The fraction of sp³-hybridized carbons (Fsp3) is 0.938. The molecule has 2 heteroatoms. The van der Waals surface area contributed by atoms with E-state index in [-0.39, 0.29) is 11.4 Å². The molecular formula is C16H30O2. The van der Waals surface area contributed by atoms with Crippen molar-refractivity contribution in [1.82, 2.24) is 0 Å². The second-order valence-electron chi connectivity index (χ2n) is 5.80. The lowest BCUT2D eigenvalue weighted by molar-refractivity contribution is -0.147. The number of rotatable bonds is 9. The number of esters is 1. The molecular weight excluding hydrogens is 224 g/mol. The topological polar surface area (TPSA) is 26.3 Å². The van der Waals surface area contributed by atoms with E-state index in [4.69, 9.17) is 4.74 Å². The molecule has 0 spiro atoms. The first-order valence-electron chi connectivity index (χ1n) is 7.88. The predicted molar refractivity (Wildman–Crippen MR) is 75.5 cm³/mol. The van der Waals surface area contributed by atoms with Gasteiger partial charge in [-0.15, -0.1) is 0 Å². The van der Waals surface area contributed by atoms with E-state index in [0.717, 1.165) is 32.1 Å². The summed E-state index contributed by atoms with van der Waals surface area (Å²) in [5.41, 5.74) is -0.138. The highest BCUT2D eigenvalue weighted by Gasteiger charge is 2.50. The summed E-state index contributed by atoms with van der Waals surface area (Å²) in [6, 6.07) is 0. The molecule has 106 valence electrons. The average molecular weight is 254 g/mol. The summed E-state index contributed by atoms with van der Waals surface area (Å²) >= 11 is 0. The molecule has 1 unspecified atom stereocenters. The molecule has 2 nitrogen and oxygen atoms in total. The first kappa shape index (κ1) is 15.5. The van der Waals surface area contributed by atoms with Gasteiger partial charge in [0.1, 0.15) is 0 Å². The third-order valence-corrected chi connectivity index (χ3v) is 4.46. The number of hydrogen-bond acceptors (Lipinski definition) is 2. The third kappa shape index (κ3) is 3.49. The first-order chi connectivity index (χ1) is 8.71. The van der Waals surface area contributed by atoms with Crippen LogP contribution in [0.15, 0.2) is 0 Å². The molecule has 1 aliphatic heterocycles. The van der Waals surface area contributed by atoms with Crippen LogP contribution in [0.25, 0.3) is 0 Å². The van der Waals surface area contributed by atoms with E-state index >= 15 is 0 Å². The van der Waals surface area contributed by atoms with Gasteiger partial charge in [-0.25, -0.2) is 0 Å². The minimum Gasteiger partial charge on any atom is -0.465 e. The normalized spacial score (nSPS) is 22.2. The Morgan fingerprint density at radius 3 is 2.11 bits per heavy atom. The van der Waals surface area contributed by atoms with Crippen molar-refractivity contribution >= 4 is 5.97 Å². The smallest absolute Gasteiger partial charge is 0.312 e. The lowest BCUT2D eigenvalue weighted by atomic mass is 9.69. The summed E-state index contributed by atoms with van der Waals surface area (Å²) in [6.07, 6.45) is 10.3. The van der Waals surface area contributed by atoms with E-state index < -0.39 is 0 Å². The molecule has 0 aliphatic carbocycles. The summed E-state index contributed by atoms with van der Waals surface area (Å²) in [5, 5.41) is 0. The Hall–Kier alpha value is -0.530. The van der Waals surface area contributed by atoms with Gasteiger partial charge in [0.15, 0.2) is 0 Å². The van der Waals surface area contributed by atoms with Crippen molar-refractivity contribution in [2.24, 2.45) is 11.3 Å². The van der Waals surface area contributed by atoms with Crippen molar-refractivity contribution < 1.29 is 9.53 Å². The van der Waals surface area contributed by atoms with Crippen LogP contribution in [0.4, 0.5) is 0 Å². The highest BCUT2D eigenvalue weighted by molar-refractivity contribution is 5.79. The van der Waals surface area contributed by atoms with Crippen LogP contribution in [-0.2, 0) is 9.53 Å². The van der Waals surface area contributed by atoms with Gasteiger partial charge in [-0.1, -0.05) is 59.3 Å². The maximum atomic E-state index is 12.3. The number of carbonyl (C=O) groups is 1. The molecule has 0 saturated carbocycles. The van der Waals surface area contributed by atoms with Gasteiger partial charge in [0.05, 0.1) is 12.0 Å². The molecule has 1 atom stereocenters. The Bertz CT molecular complexity index is 239. The molecule has 0 aromatic rings. The monoisotopic (exact) mass is 254 g/mol. The number of cyclic esters (lactones) is 1. The second-order valence-corrected chi connectivity index (χ2v) is 5.80. The van der Waals surface area contributed by atoms with Gasteiger partial charge in [0, 0.05) is 5.92 Å². The molecule has 0 amide bonds. The van der Waals surface area contributed by atoms with Crippen molar-refractivity contribution in [2.75, 3.05) is 6.61 Å². The van der Waals surface area contributed by atoms with E-state index in [2.05, 4.69) is 20.8 Å². The van der Waals surface area contributed by atoms with E-state index in [1.54, 1.807) is 0 Å². The van der Waals surface area contributed by atoms with Crippen LogP contribution >= 0.6 is 0 Å². The Labute approximate surface area is 112 Å². The van der Waals surface area contributed by atoms with Crippen LogP contribution < -0.4 is 0 Å². The van der Waals surface area contributed by atoms with Crippen molar-refractivity contribution in [2.45, 2.75) is 78.6 Å². The van der Waals surface area contributed by atoms with E-state index in [0.29, 0.717) is 12.5 Å². The van der Waals surface area contributed by atoms with Crippen molar-refractivity contribution in [3.05, 3.63) is 0 Å². The van der Waals surface area contributed by atoms with Gasteiger partial charge in [-0.2, -0.15) is 0 Å². The van der Waals surface area contributed by atoms with E-state index in [1.807, 2.05) is 0 Å². The molecule has 0 N–H and O–H groups in total. The van der Waals surface area contributed by atoms with Gasteiger partial charge >= 0.3 is 5.97 Å². The minimum atomic E-state index is -0.138. The number of hydrogen-bond donors (Lipinski definition) is 0. The van der Waals surface area contributed by atoms with Crippen molar-refractivity contribution in [1.29, 1.82) is 0 Å². The molecule has 0 bridgehead atoms. The summed E-state index contributed by atoms with van der Waals surface area (Å²) in [4.78, 5) is 12.3. The summed E-state index contributed by atoms with van der Waals surface area (Å²) in [5.74, 6) is 0.577. The molecule has 1 rings (SSSR count). The van der Waals surface area contributed by atoms with Crippen LogP contribution in [0.3, 0.4) is 0 Å². The summed E-state index contributed by atoms with van der Waals surface area (Å²) in [7, 11) is 0.